The van der Waals surface area contributed by atoms with Gasteiger partial charge in [-0.25, -0.2) is 0 Å². The maximum atomic E-state index is 12.2. The molecule has 1 heterocycles. The summed E-state index contributed by atoms with van der Waals surface area (Å²) in [7, 11) is 0. The van der Waals surface area contributed by atoms with Gasteiger partial charge in [0.2, 0.25) is 11.8 Å². The molecule has 1 fully saturated rings. The zero-order chi connectivity index (χ0) is 20.6. The van der Waals surface area contributed by atoms with Gasteiger partial charge in [0, 0.05) is 48.9 Å². The smallest absolute Gasteiger partial charge is 0.224 e. The van der Waals surface area contributed by atoms with Crippen molar-refractivity contribution in [3.8, 4) is 0 Å². The van der Waals surface area contributed by atoms with Crippen LogP contribution in [0.4, 0.5) is 11.4 Å². The number of benzene rings is 2. The number of amides is 2. The fourth-order valence-corrected chi connectivity index (χ4v) is 3.77. The third-order valence-electron chi connectivity index (χ3n) is 5.17. The van der Waals surface area contributed by atoms with Gasteiger partial charge < -0.3 is 15.5 Å². The highest BCUT2D eigenvalue weighted by atomic mass is 35.5. The highest BCUT2D eigenvalue weighted by Gasteiger charge is 2.18. The highest BCUT2D eigenvalue weighted by molar-refractivity contribution is 6.30. The fraction of sp³-hybridized carbons (Fsp3) is 0.391. The molecule has 1 unspecified atom stereocenters. The number of para-hydroxylation sites is 1. The molecule has 0 bridgehead atoms. The maximum Gasteiger partial charge on any atom is 0.224 e. The van der Waals surface area contributed by atoms with Crippen LogP contribution in [0, 0.1) is 5.92 Å². The van der Waals surface area contributed by atoms with Crippen LogP contribution in [0.15, 0.2) is 48.5 Å². The molecule has 1 aliphatic heterocycles. The summed E-state index contributed by atoms with van der Waals surface area (Å²) in [4.78, 5) is 26.7. The third kappa shape index (κ3) is 6.50. The second-order valence-corrected chi connectivity index (χ2v) is 8.09. The molecule has 2 N–H and O–H groups in total. The SMILES string of the molecule is CC1CCCN(c2ccccc2CNC(=O)CCC(=O)Nc2ccc(Cl)cc2)C1. The van der Waals surface area contributed by atoms with E-state index in [-0.39, 0.29) is 24.7 Å². The first-order valence-electron chi connectivity index (χ1n) is 10.2. The Morgan fingerprint density at radius 1 is 1.07 bits per heavy atom. The van der Waals surface area contributed by atoms with Gasteiger partial charge in [0.15, 0.2) is 0 Å². The first kappa shape index (κ1) is 21.2. The van der Waals surface area contributed by atoms with Crippen molar-refractivity contribution < 1.29 is 9.59 Å². The Hall–Kier alpha value is -2.53. The Morgan fingerprint density at radius 2 is 1.79 bits per heavy atom. The van der Waals surface area contributed by atoms with Crippen LogP contribution in [0.5, 0.6) is 0 Å². The van der Waals surface area contributed by atoms with E-state index in [2.05, 4.69) is 34.6 Å². The van der Waals surface area contributed by atoms with E-state index in [9.17, 15) is 9.59 Å². The van der Waals surface area contributed by atoms with Gasteiger partial charge in [0.05, 0.1) is 0 Å². The number of hydrogen-bond acceptors (Lipinski definition) is 3. The summed E-state index contributed by atoms with van der Waals surface area (Å²) in [5.41, 5.74) is 2.98. The van der Waals surface area contributed by atoms with E-state index in [1.165, 1.54) is 18.5 Å². The Morgan fingerprint density at radius 3 is 2.55 bits per heavy atom. The second-order valence-electron chi connectivity index (χ2n) is 7.65. The Bertz CT molecular complexity index is 838. The Labute approximate surface area is 177 Å². The van der Waals surface area contributed by atoms with E-state index in [1.54, 1.807) is 24.3 Å². The van der Waals surface area contributed by atoms with E-state index in [1.807, 2.05) is 12.1 Å². The van der Waals surface area contributed by atoms with E-state index < -0.39 is 0 Å². The first-order valence-corrected chi connectivity index (χ1v) is 10.5. The minimum atomic E-state index is -0.190. The van der Waals surface area contributed by atoms with Crippen LogP contribution < -0.4 is 15.5 Å². The molecule has 1 atom stereocenters. The lowest BCUT2D eigenvalue weighted by Gasteiger charge is -2.34. The molecule has 2 amide bonds. The normalized spacial score (nSPS) is 16.3. The molecule has 29 heavy (non-hydrogen) atoms. The summed E-state index contributed by atoms with van der Waals surface area (Å²) in [6, 6.07) is 15.1. The van der Waals surface area contributed by atoms with Gasteiger partial charge >= 0.3 is 0 Å². The van der Waals surface area contributed by atoms with E-state index in [0.29, 0.717) is 23.2 Å². The number of rotatable bonds is 7. The van der Waals surface area contributed by atoms with Crippen molar-refractivity contribution in [1.29, 1.82) is 0 Å². The average molecular weight is 414 g/mol. The predicted molar refractivity (Wildman–Crippen MR) is 118 cm³/mol. The van der Waals surface area contributed by atoms with E-state index in [0.717, 1.165) is 18.7 Å². The molecule has 0 aliphatic carbocycles. The fourth-order valence-electron chi connectivity index (χ4n) is 3.64. The number of carbonyl (C=O) groups excluding carboxylic acids is 2. The molecular weight excluding hydrogens is 386 g/mol. The molecular formula is C23H28ClN3O2. The lowest BCUT2D eigenvalue weighted by atomic mass is 9.99. The number of nitrogens with zero attached hydrogens (tertiary/aromatic N) is 1. The molecule has 5 nitrogen and oxygen atoms in total. The minimum Gasteiger partial charge on any atom is -0.371 e. The second kappa shape index (κ2) is 10.3. The third-order valence-corrected chi connectivity index (χ3v) is 5.42. The van der Waals surface area contributed by atoms with E-state index in [4.69, 9.17) is 11.6 Å². The van der Waals surface area contributed by atoms with Crippen LogP contribution in [0.25, 0.3) is 0 Å². The Balaban J connectivity index is 1.47. The topological polar surface area (TPSA) is 61.4 Å². The van der Waals surface area contributed by atoms with Gasteiger partial charge in [-0.1, -0.05) is 36.7 Å². The molecule has 2 aromatic rings. The molecule has 1 saturated heterocycles. The largest absolute Gasteiger partial charge is 0.371 e. The van der Waals surface area contributed by atoms with Crippen LogP contribution in [0.3, 0.4) is 0 Å². The number of anilines is 2. The number of carbonyl (C=O) groups is 2. The van der Waals surface area contributed by atoms with E-state index >= 15 is 0 Å². The van der Waals surface area contributed by atoms with Crippen molar-refractivity contribution in [1.82, 2.24) is 5.32 Å². The quantitative estimate of drug-likeness (QED) is 0.696. The van der Waals surface area contributed by atoms with Crippen molar-refractivity contribution in [2.75, 3.05) is 23.3 Å². The van der Waals surface area contributed by atoms with Crippen molar-refractivity contribution in [2.24, 2.45) is 5.92 Å². The standard InChI is InChI=1S/C23H28ClN3O2/c1-17-5-4-14-27(16-17)21-7-3-2-6-18(21)15-25-22(28)12-13-23(29)26-20-10-8-19(24)9-11-20/h2-3,6-11,17H,4-5,12-16H2,1H3,(H,25,28)(H,26,29). The molecule has 0 spiro atoms. The summed E-state index contributed by atoms with van der Waals surface area (Å²) < 4.78 is 0. The van der Waals surface area contributed by atoms with Gasteiger partial charge in [-0.05, 0) is 54.7 Å². The molecule has 1 aliphatic rings. The number of piperidine rings is 1. The Kier molecular flexibility index (Phi) is 7.53. The molecule has 2 aromatic carbocycles. The maximum absolute atomic E-state index is 12.2. The number of halogens is 1. The molecule has 0 aromatic heterocycles. The van der Waals surface area contributed by atoms with Crippen molar-refractivity contribution >= 4 is 34.8 Å². The van der Waals surface area contributed by atoms with Gasteiger partial charge in [0.25, 0.3) is 0 Å². The summed E-state index contributed by atoms with van der Waals surface area (Å²) in [6.07, 6.45) is 2.76. The van der Waals surface area contributed by atoms with Gasteiger partial charge in [-0.3, -0.25) is 9.59 Å². The van der Waals surface area contributed by atoms with Crippen LogP contribution in [-0.4, -0.2) is 24.9 Å². The van der Waals surface area contributed by atoms with Crippen molar-refractivity contribution in [3.05, 3.63) is 59.1 Å². The van der Waals surface area contributed by atoms with Crippen LogP contribution in [0.1, 0.15) is 38.2 Å². The zero-order valence-electron chi connectivity index (χ0n) is 16.8. The van der Waals surface area contributed by atoms with Gasteiger partial charge in [-0.2, -0.15) is 0 Å². The lowest BCUT2D eigenvalue weighted by Crippen LogP contribution is -2.35. The molecule has 0 saturated carbocycles. The summed E-state index contributed by atoms with van der Waals surface area (Å²) in [5, 5.41) is 6.34. The van der Waals surface area contributed by atoms with Crippen LogP contribution in [0.2, 0.25) is 5.02 Å². The van der Waals surface area contributed by atoms with Gasteiger partial charge in [-0.15, -0.1) is 0 Å². The summed E-state index contributed by atoms with van der Waals surface area (Å²) in [6.45, 7) is 4.86. The van der Waals surface area contributed by atoms with Crippen LogP contribution in [-0.2, 0) is 16.1 Å². The lowest BCUT2D eigenvalue weighted by molar-refractivity contribution is -0.124. The molecule has 154 valence electrons. The molecule has 3 rings (SSSR count). The van der Waals surface area contributed by atoms with Gasteiger partial charge in [0.1, 0.15) is 0 Å². The first-order chi connectivity index (χ1) is 14.0. The minimum absolute atomic E-state index is 0.127. The van der Waals surface area contributed by atoms with Crippen molar-refractivity contribution in [3.63, 3.8) is 0 Å². The molecule has 0 radical (unpaired) electrons. The number of nitrogens with one attached hydrogen (secondary N) is 2. The highest BCUT2D eigenvalue weighted by Crippen LogP contribution is 2.26. The monoisotopic (exact) mass is 413 g/mol. The molecule has 6 heteroatoms. The van der Waals surface area contributed by atoms with Crippen molar-refractivity contribution in [2.45, 2.75) is 39.2 Å². The zero-order valence-corrected chi connectivity index (χ0v) is 17.5. The number of hydrogen-bond donors (Lipinski definition) is 2. The average Bonchev–Trinajstić information content (AvgIpc) is 2.72. The summed E-state index contributed by atoms with van der Waals surface area (Å²) in [5.74, 6) is 0.369. The predicted octanol–water partition coefficient (Wildman–Crippen LogP) is 4.61. The van der Waals surface area contributed by atoms with Crippen LogP contribution >= 0.6 is 11.6 Å². The summed E-state index contributed by atoms with van der Waals surface area (Å²) >= 11 is 5.84.